The van der Waals surface area contributed by atoms with Gasteiger partial charge in [-0.15, -0.1) is 0 Å². The van der Waals surface area contributed by atoms with Gasteiger partial charge in [-0.05, 0) is 110 Å². The lowest BCUT2D eigenvalue weighted by molar-refractivity contribution is 0.317. The van der Waals surface area contributed by atoms with E-state index in [1.165, 1.54) is 24.9 Å². The number of likely N-dealkylation sites (tertiary alicyclic amines) is 1. The van der Waals surface area contributed by atoms with E-state index in [0.717, 1.165) is 33.8 Å². The van der Waals surface area contributed by atoms with E-state index < -0.39 is 5.69 Å². The molecule has 2 aromatic carbocycles. The summed E-state index contributed by atoms with van der Waals surface area (Å²) in [6, 6.07) is 17.2. The van der Waals surface area contributed by atoms with Gasteiger partial charge in [-0.1, -0.05) is 70.3 Å². The van der Waals surface area contributed by atoms with E-state index in [4.69, 9.17) is 20.9 Å². The lowest BCUT2D eigenvalue weighted by Gasteiger charge is -2.24. The highest BCUT2D eigenvalue weighted by Gasteiger charge is 2.23. The summed E-state index contributed by atoms with van der Waals surface area (Å²) >= 11 is 10.2. The minimum atomic E-state index is -2.78. The molecule has 7 heteroatoms. The van der Waals surface area contributed by atoms with Crippen LogP contribution in [0.15, 0.2) is 60.9 Å². The molecule has 0 aliphatic carbocycles. The van der Waals surface area contributed by atoms with Gasteiger partial charge in [-0.25, -0.2) is 0 Å². The zero-order chi connectivity index (χ0) is 27.2. The molecule has 0 unspecified atom stereocenters. The van der Waals surface area contributed by atoms with Gasteiger partial charge in [0.1, 0.15) is 11.5 Å². The van der Waals surface area contributed by atoms with E-state index in [1.54, 1.807) is 0 Å². The third kappa shape index (κ3) is 8.58. The predicted octanol–water partition coefficient (Wildman–Crippen LogP) is 9.01. The average Bonchev–Trinajstić information content (AvgIpc) is 3.25. The molecule has 3 aromatic rings. The lowest BCUT2D eigenvalue weighted by atomic mass is 10.0. The van der Waals surface area contributed by atoms with Crippen LogP contribution in [0.2, 0.25) is 0 Å². The number of aromatic nitrogens is 1. The van der Waals surface area contributed by atoms with Crippen LogP contribution >= 0.6 is 17.9 Å². The Bertz CT molecular complexity index is 1150. The molecule has 0 amide bonds. The molecule has 2 heterocycles. The van der Waals surface area contributed by atoms with Gasteiger partial charge in [0, 0.05) is 18.4 Å². The highest BCUT2D eigenvalue weighted by atomic mass is 32.9. The summed E-state index contributed by atoms with van der Waals surface area (Å²) in [5, 5.41) is 0. The molecule has 0 spiro atoms. The average molecular weight is 557 g/mol. The van der Waals surface area contributed by atoms with Crippen LogP contribution in [0.3, 0.4) is 0 Å². The van der Waals surface area contributed by atoms with E-state index in [-0.39, 0.29) is 0 Å². The Balaban J connectivity index is 0.000000262. The number of pyridine rings is 1. The van der Waals surface area contributed by atoms with Crippen LogP contribution in [0.4, 0.5) is 0 Å². The van der Waals surface area contributed by atoms with Crippen molar-refractivity contribution in [3.8, 4) is 11.5 Å². The van der Waals surface area contributed by atoms with E-state index in [1.807, 2.05) is 44.4 Å². The normalized spacial score (nSPS) is 16.0. The van der Waals surface area contributed by atoms with Crippen LogP contribution in [0, 0.1) is 13.8 Å². The SMILES string of the molecule is CN1CCC[C@H]1c1cccnc1.Cc1ccc(C(C)C)c(OP(=S)(S)Oc2cc(C)ccc2C(C)C)c1. The summed E-state index contributed by atoms with van der Waals surface area (Å²) < 4.78 is 12.2. The van der Waals surface area contributed by atoms with Gasteiger partial charge < -0.3 is 9.05 Å². The first kappa shape index (κ1) is 29.7. The fraction of sp³-hybridized carbons (Fsp3) is 0.433. The summed E-state index contributed by atoms with van der Waals surface area (Å²) in [5.74, 6) is 2.22. The topological polar surface area (TPSA) is 34.6 Å². The van der Waals surface area contributed by atoms with Crippen LogP contribution in [-0.2, 0) is 11.8 Å². The Morgan fingerprint density at radius 3 is 1.89 bits per heavy atom. The molecule has 1 aliphatic rings. The van der Waals surface area contributed by atoms with Crippen molar-refractivity contribution in [2.75, 3.05) is 13.6 Å². The van der Waals surface area contributed by atoms with Crippen molar-refractivity contribution >= 4 is 29.7 Å². The first-order chi connectivity index (χ1) is 17.5. The minimum Gasteiger partial charge on any atom is -0.428 e. The molecule has 4 nitrogen and oxygen atoms in total. The molecule has 200 valence electrons. The van der Waals surface area contributed by atoms with Crippen LogP contribution in [-0.4, -0.2) is 23.5 Å². The molecular weight excluding hydrogens is 515 g/mol. The standard InChI is InChI=1S/C20H27O2PS2.C10H14N2/c1-13(2)17-9-7-15(5)11-19(17)21-23(24,25)22-20-12-16(6)8-10-18(20)14(3)4;1-12-7-3-5-10(12)9-4-2-6-11-8-9/h7-14H,1-6H3,(H,24,25);2,4,6,8,10H,3,5,7H2,1H3/t;10-/m.0/s1. The zero-order valence-corrected chi connectivity index (χ0v) is 25.7. The Labute approximate surface area is 234 Å². The van der Waals surface area contributed by atoms with Crippen molar-refractivity contribution in [2.45, 2.75) is 72.3 Å². The maximum atomic E-state index is 6.12. The maximum absolute atomic E-state index is 6.12. The summed E-state index contributed by atoms with van der Waals surface area (Å²) in [5.41, 5.74) is 3.06. The van der Waals surface area contributed by atoms with Gasteiger partial charge in [0.05, 0.1) is 0 Å². The summed E-state index contributed by atoms with van der Waals surface area (Å²) in [7, 11) is 2.19. The molecular formula is C30H41N2O2PS2. The Hall–Kier alpha value is -1.85. The number of benzene rings is 2. The first-order valence-corrected chi connectivity index (χ1v) is 16.8. The first-order valence-electron chi connectivity index (χ1n) is 13.0. The van der Waals surface area contributed by atoms with Crippen molar-refractivity contribution in [2.24, 2.45) is 0 Å². The van der Waals surface area contributed by atoms with Gasteiger partial charge >= 0.3 is 5.69 Å². The summed E-state index contributed by atoms with van der Waals surface area (Å²) in [4.78, 5) is 6.54. The van der Waals surface area contributed by atoms with Crippen molar-refractivity contribution in [3.63, 3.8) is 0 Å². The fourth-order valence-corrected chi connectivity index (χ4v) is 6.43. The highest BCUT2D eigenvalue weighted by molar-refractivity contribution is 8.60. The maximum Gasteiger partial charge on any atom is 0.345 e. The Kier molecular flexibility index (Phi) is 10.7. The van der Waals surface area contributed by atoms with Crippen molar-refractivity contribution in [1.82, 2.24) is 9.88 Å². The number of nitrogens with zero attached hydrogens (tertiary/aromatic N) is 2. The Morgan fingerprint density at radius 1 is 0.946 bits per heavy atom. The highest BCUT2D eigenvalue weighted by Crippen LogP contribution is 2.55. The molecule has 0 bridgehead atoms. The molecule has 1 fully saturated rings. The van der Waals surface area contributed by atoms with Crippen LogP contribution in [0.25, 0.3) is 0 Å². The van der Waals surface area contributed by atoms with Crippen molar-refractivity contribution < 1.29 is 9.05 Å². The second-order valence-corrected chi connectivity index (χ2v) is 15.6. The second kappa shape index (κ2) is 13.3. The number of rotatable bonds is 7. The molecule has 1 saturated heterocycles. The van der Waals surface area contributed by atoms with Crippen LogP contribution in [0.5, 0.6) is 11.5 Å². The molecule has 0 radical (unpaired) electrons. The smallest absolute Gasteiger partial charge is 0.345 e. The van der Waals surface area contributed by atoms with Gasteiger partial charge in [-0.2, -0.15) is 0 Å². The summed E-state index contributed by atoms with van der Waals surface area (Å²) in [6.07, 6.45) is 6.41. The third-order valence-corrected chi connectivity index (χ3v) is 8.39. The van der Waals surface area contributed by atoms with E-state index in [0.29, 0.717) is 17.9 Å². The zero-order valence-electron chi connectivity index (χ0n) is 23.1. The van der Waals surface area contributed by atoms with E-state index in [9.17, 15) is 0 Å². The number of aryl methyl sites for hydroxylation is 2. The Morgan fingerprint density at radius 2 is 1.49 bits per heavy atom. The number of thiol groups is 1. The summed E-state index contributed by atoms with van der Waals surface area (Å²) in [6.45, 7) is 13.8. The van der Waals surface area contributed by atoms with Gasteiger partial charge in [0.15, 0.2) is 0 Å². The predicted molar refractivity (Wildman–Crippen MR) is 164 cm³/mol. The van der Waals surface area contributed by atoms with Crippen LogP contribution < -0.4 is 9.05 Å². The molecule has 4 rings (SSSR count). The molecule has 1 aromatic heterocycles. The second-order valence-electron chi connectivity index (χ2n) is 10.5. The van der Waals surface area contributed by atoms with Crippen molar-refractivity contribution in [3.05, 3.63) is 88.7 Å². The lowest BCUT2D eigenvalue weighted by Crippen LogP contribution is -2.17. The quantitative estimate of drug-likeness (QED) is 0.232. The van der Waals surface area contributed by atoms with E-state index >= 15 is 0 Å². The monoisotopic (exact) mass is 556 g/mol. The van der Waals surface area contributed by atoms with Crippen molar-refractivity contribution in [1.29, 1.82) is 0 Å². The fourth-order valence-electron chi connectivity index (χ4n) is 4.57. The van der Waals surface area contributed by atoms with Gasteiger partial charge in [0.25, 0.3) is 0 Å². The largest absolute Gasteiger partial charge is 0.428 e. The van der Waals surface area contributed by atoms with E-state index in [2.05, 4.69) is 87.2 Å². The van der Waals surface area contributed by atoms with Crippen LogP contribution in [0.1, 0.15) is 86.2 Å². The minimum absolute atomic E-state index is 0.337. The van der Waals surface area contributed by atoms with Gasteiger partial charge in [0.2, 0.25) is 0 Å². The molecule has 1 atom stereocenters. The third-order valence-electron chi connectivity index (χ3n) is 6.60. The molecule has 0 saturated carbocycles. The molecule has 0 N–H and O–H groups in total. The number of hydrogen-bond donors (Lipinski definition) is 1. The molecule has 37 heavy (non-hydrogen) atoms. The molecule has 1 aliphatic heterocycles. The number of hydrogen-bond acceptors (Lipinski definition) is 5. The van der Waals surface area contributed by atoms with Gasteiger partial charge in [-0.3, -0.25) is 9.88 Å².